The Labute approximate surface area is 146 Å². The number of likely N-dealkylation sites (N-methyl/N-ethyl adjacent to an activating group) is 1. The summed E-state index contributed by atoms with van der Waals surface area (Å²) in [7, 11) is 1.84. The molecule has 6 heteroatoms. The summed E-state index contributed by atoms with van der Waals surface area (Å²) < 4.78 is 18.4. The first-order valence-corrected chi connectivity index (χ1v) is 7.98. The second kappa shape index (κ2) is 8.66. The van der Waals surface area contributed by atoms with E-state index in [9.17, 15) is 9.18 Å². The van der Waals surface area contributed by atoms with Gasteiger partial charge in [-0.3, -0.25) is 9.69 Å². The molecule has 2 rings (SSSR count). The number of anilines is 1. The summed E-state index contributed by atoms with van der Waals surface area (Å²) in [5.41, 5.74) is 0.662. The fraction of sp³-hybridized carbons (Fsp3) is 0.278. The zero-order valence-corrected chi connectivity index (χ0v) is 14.4. The van der Waals surface area contributed by atoms with Gasteiger partial charge in [0.2, 0.25) is 5.91 Å². The topological polar surface area (TPSA) is 41.6 Å². The van der Waals surface area contributed by atoms with Gasteiger partial charge in [0.05, 0.1) is 6.04 Å². The van der Waals surface area contributed by atoms with E-state index in [1.54, 1.807) is 36.4 Å². The minimum atomic E-state index is -0.333. The Hall–Kier alpha value is -2.11. The molecule has 24 heavy (non-hydrogen) atoms. The van der Waals surface area contributed by atoms with Gasteiger partial charge in [0.25, 0.3) is 0 Å². The molecule has 2 aromatic carbocycles. The number of carbonyl (C=O) groups is 1. The van der Waals surface area contributed by atoms with Crippen molar-refractivity contribution in [2.24, 2.45) is 0 Å². The number of nitrogens with one attached hydrogen (secondary N) is 1. The van der Waals surface area contributed by atoms with Crippen LogP contribution >= 0.6 is 11.6 Å². The molecular formula is C18H20ClFN2O2. The summed E-state index contributed by atoms with van der Waals surface area (Å²) >= 11 is 5.91. The minimum absolute atomic E-state index is 0.124. The van der Waals surface area contributed by atoms with E-state index in [2.05, 4.69) is 5.32 Å². The van der Waals surface area contributed by atoms with E-state index in [0.29, 0.717) is 29.6 Å². The summed E-state index contributed by atoms with van der Waals surface area (Å²) in [6.07, 6.45) is 0. The van der Waals surface area contributed by atoms with Crippen molar-refractivity contribution >= 4 is 23.2 Å². The van der Waals surface area contributed by atoms with E-state index in [-0.39, 0.29) is 17.8 Å². The maximum absolute atomic E-state index is 12.8. The first-order valence-electron chi connectivity index (χ1n) is 7.61. The number of hydrogen-bond acceptors (Lipinski definition) is 3. The highest BCUT2D eigenvalue weighted by Crippen LogP contribution is 2.15. The van der Waals surface area contributed by atoms with Crippen molar-refractivity contribution in [3.63, 3.8) is 0 Å². The molecule has 0 saturated heterocycles. The molecule has 0 heterocycles. The third-order valence-electron chi connectivity index (χ3n) is 3.66. The largest absolute Gasteiger partial charge is 0.492 e. The van der Waals surface area contributed by atoms with Crippen LogP contribution in [-0.4, -0.2) is 37.0 Å². The Bertz CT molecular complexity index is 679. The molecule has 2 aromatic rings. The van der Waals surface area contributed by atoms with Crippen molar-refractivity contribution in [3.05, 3.63) is 59.4 Å². The zero-order valence-electron chi connectivity index (χ0n) is 13.6. The Balaban J connectivity index is 1.79. The van der Waals surface area contributed by atoms with Gasteiger partial charge >= 0.3 is 0 Å². The maximum Gasteiger partial charge on any atom is 0.241 e. The van der Waals surface area contributed by atoms with Crippen LogP contribution in [0.5, 0.6) is 5.75 Å². The number of carbonyl (C=O) groups excluding carboxylic acids is 1. The van der Waals surface area contributed by atoms with E-state index in [4.69, 9.17) is 16.3 Å². The first kappa shape index (κ1) is 18.2. The van der Waals surface area contributed by atoms with Gasteiger partial charge in [-0.15, -0.1) is 0 Å². The number of benzene rings is 2. The number of rotatable bonds is 7. The number of amides is 1. The lowest BCUT2D eigenvalue weighted by Crippen LogP contribution is -2.41. The molecular weight excluding hydrogens is 331 g/mol. The van der Waals surface area contributed by atoms with E-state index >= 15 is 0 Å². The maximum atomic E-state index is 12.8. The van der Waals surface area contributed by atoms with Gasteiger partial charge in [-0.2, -0.15) is 0 Å². The number of ether oxygens (including phenoxy) is 1. The molecule has 128 valence electrons. The minimum Gasteiger partial charge on any atom is -0.492 e. The third-order valence-corrected chi connectivity index (χ3v) is 3.89. The van der Waals surface area contributed by atoms with Crippen molar-refractivity contribution in [3.8, 4) is 5.75 Å². The van der Waals surface area contributed by atoms with E-state index in [1.165, 1.54) is 12.1 Å². The molecule has 1 atom stereocenters. The van der Waals surface area contributed by atoms with Crippen molar-refractivity contribution in [2.75, 3.05) is 25.5 Å². The van der Waals surface area contributed by atoms with Crippen LogP contribution in [0.25, 0.3) is 0 Å². The van der Waals surface area contributed by atoms with E-state index in [0.717, 1.165) is 0 Å². The Kier molecular flexibility index (Phi) is 6.58. The van der Waals surface area contributed by atoms with Gasteiger partial charge in [-0.1, -0.05) is 17.7 Å². The average molecular weight is 351 g/mol. The zero-order chi connectivity index (χ0) is 17.5. The van der Waals surface area contributed by atoms with Crippen LogP contribution in [-0.2, 0) is 4.79 Å². The van der Waals surface area contributed by atoms with Crippen LogP contribution in [0.4, 0.5) is 10.1 Å². The normalized spacial score (nSPS) is 12.0. The molecule has 0 aliphatic carbocycles. The second-order valence-corrected chi connectivity index (χ2v) is 5.89. The number of halogens is 2. The van der Waals surface area contributed by atoms with Gasteiger partial charge in [-0.25, -0.2) is 4.39 Å². The Morgan fingerprint density at radius 1 is 1.29 bits per heavy atom. The van der Waals surface area contributed by atoms with Gasteiger partial charge in [0, 0.05) is 17.3 Å². The van der Waals surface area contributed by atoms with Crippen LogP contribution in [0.3, 0.4) is 0 Å². The number of nitrogens with zero attached hydrogens (tertiary/aromatic N) is 1. The number of hydrogen-bond donors (Lipinski definition) is 1. The highest BCUT2D eigenvalue weighted by atomic mass is 35.5. The Morgan fingerprint density at radius 3 is 2.67 bits per heavy atom. The molecule has 0 aliphatic heterocycles. The molecule has 0 bridgehead atoms. The standard InChI is InChI=1S/C18H20ClFN2O2/c1-13(18(23)21-16-5-3-4-14(19)12-16)22(2)10-11-24-17-8-6-15(20)7-9-17/h3-9,12-13H,10-11H2,1-2H3,(H,21,23). The predicted octanol–water partition coefficient (Wildman–Crippen LogP) is 3.82. The smallest absolute Gasteiger partial charge is 0.241 e. The summed E-state index contributed by atoms with van der Waals surface area (Å²) in [5.74, 6) is 0.174. The molecule has 4 nitrogen and oxygen atoms in total. The molecule has 1 unspecified atom stereocenters. The Morgan fingerprint density at radius 2 is 2.00 bits per heavy atom. The summed E-state index contributed by atoms with van der Waals surface area (Å²) in [4.78, 5) is 14.1. The molecule has 0 radical (unpaired) electrons. The lowest BCUT2D eigenvalue weighted by atomic mass is 10.2. The molecule has 1 amide bonds. The average Bonchev–Trinajstić information content (AvgIpc) is 2.56. The van der Waals surface area contributed by atoms with Crippen molar-refractivity contribution in [1.82, 2.24) is 4.90 Å². The van der Waals surface area contributed by atoms with Crippen LogP contribution in [0.15, 0.2) is 48.5 Å². The van der Waals surface area contributed by atoms with Crippen LogP contribution in [0, 0.1) is 5.82 Å². The quantitative estimate of drug-likeness (QED) is 0.825. The highest BCUT2D eigenvalue weighted by molar-refractivity contribution is 6.30. The van der Waals surface area contributed by atoms with Crippen molar-refractivity contribution in [2.45, 2.75) is 13.0 Å². The van der Waals surface area contributed by atoms with Gasteiger partial charge < -0.3 is 10.1 Å². The SMILES string of the molecule is CC(C(=O)Nc1cccc(Cl)c1)N(C)CCOc1ccc(F)cc1. The fourth-order valence-corrected chi connectivity index (χ4v) is 2.24. The van der Waals surface area contributed by atoms with Gasteiger partial charge in [0.1, 0.15) is 18.2 Å². The van der Waals surface area contributed by atoms with Gasteiger partial charge in [0.15, 0.2) is 0 Å². The second-order valence-electron chi connectivity index (χ2n) is 5.46. The molecule has 0 fully saturated rings. The van der Waals surface area contributed by atoms with Crippen LogP contribution in [0.1, 0.15) is 6.92 Å². The molecule has 1 N–H and O–H groups in total. The van der Waals surface area contributed by atoms with E-state index in [1.807, 2.05) is 18.9 Å². The third kappa shape index (κ3) is 5.51. The molecule has 0 spiro atoms. The first-order chi connectivity index (χ1) is 11.5. The van der Waals surface area contributed by atoms with Crippen LogP contribution in [0.2, 0.25) is 5.02 Å². The molecule has 0 aromatic heterocycles. The van der Waals surface area contributed by atoms with Crippen molar-refractivity contribution < 1.29 is 13.9 Å². The lowest BCUT2D eigenvalue weighted by molar-refractivity contribution is -0.120. The summed E-state index contributed by atoms with van der Waals surface area (Å²) in [6, 6.07) is 12.5. The summed E-state index contributed by atoms with van der Waals surface area (Å²) in [5, 5.41) is 3.40. The molecule has 0 aliphatic rings. The monoisotopic (exact) mass is 350 g/mol. The fourth-order valence-electron chi connectivity index (χ4n) is 2.05. The van der Waals surface area contributed by atoms with E-state index < -0.39 is 0 Å². The predicted molar refractivity (Wildman–Crippen MR) is 94.1 cm³/mol. The lowest BCUT2D eigenvalue weighted by Gasteiger charge is -2.23. The summed E-state index contributed by atoms with van der Waals surface area (Å²) in [6.45, 7) is 2.77. The molecule has 0 saturated carbocycles. The highest BCUT2D eigenvalue weighted by Gasteiger charge is 2.18. The van der Waals surface area contributed by atoms with Crippen LogP contribution < -0.4 is 10.1 Å². The van der Waals surface area contributed by atoms with Gasteiger partial charge in [-0.05, 0) is 56.4 Å². The van der Waals surface area contributed by atoms with Crippen molar-refractivity contribution in [1.29, 1.82) is 0 Å².